The van der Waals surface area contributed by atoms with Crippen molar-refractivity contribution in [2.45, 2.75) is 43.9 Å². The van der Waals surface area contributed by atoms with Crippen LogP contribution in [0.15, 0.2) is 41.4 Å². The van der Waals surface area contributed by atoms with Gasteiger partial charge in [-0.2, -0.15) is 0 Å². The number of hydrogen-bond donors (Lipinski definition) is 1. The van der Waals surface area contributed by atoms with Crippen LogP contribution in [0.1, 0.15) is 44.6 Å². The number of nitrogens with one attached hydrogen (secondary N) is 1. The Morgan fingerprint density at radius 1 is 1.22 bits per heavy atom. The maximum atomic E-state index is 13.1. The first-order chi connectivity index (χ1) is 15.3. The lowest BCUT2D eigenvalue weighted by Crippen LogP contribution is -2.14. The largest absolute Gasteiger partial charge is 0.514 e. The third kappa shape index (κ3) is 6.64. The van der Waals surface area contributed by atoms with Gasteiger partial charge in [0.1, 0.15) is 0 Å². The van der Waals surface area contributed by atoms with E-state index < -0.39 is 16.0 Å². The molecule has 1 aromatic carbocycles. The summed E-state index contributed by atoms with van der Waals surface area (Å²) in [6, 6.07) is 6.26. The molecule has 1 aliphatic rings. The number of allylic oxidation sites excluding steroid dienone is 1. The van der Waals surface area contributed by atoms with E-state index in [0.29, 0.717) is 17.1 Å². The number of hydrogen-bond acceptors (Lipinski definition) is 8. The highest BCUT2D eigenvalue weighted by atomic mass is 32.2. The Morgan fingerprint density at radius 2 is 1.91 bits per heavy atom. The van der Waals surface area contributed by atoms with Crippen LogP contribution in [-0.2, 0) is 19.4 Å². The maximum Gasteiger partial charge on any atom is 0.514 e. The number of nitrogens with zero attached hydrogens (tertiary/aromatic N) is 1. The summed E-state index contributed by atoms with van der Waals surface area (Å²) in [6.07, 6.45) is 8.99. The van der Waals surface area contributed by atoms with Crippen LogP contribution in [0.2, 0.25) is 0 Å². The molecule has 1 heterocycles. The highest BCUT2D eigenvalue weighted by molar-refractivity contribution is 7.90. The van der Waals surface area contributed by atoms with Gasteiger partial charge in [-0.05, 0) is 37.0 Å². The van der Waals surface area contributed by atoms with Gasteiger partial charge in [-0.15, -0.1) is 0 Å². The second-order valence-corrected chi connectivity index (χ2v) is 10.5. The maximum absolute atomic E-state index is 13.1. The molecule has 10 heteroatoms. The number of thiazole rings is 1. The third-order valence-electron chi connectivity index (χ3n) is 5.12. The minimum Gasteiger partial charge on any atom is -0.434 e. The van der Waals surface area contributed by atoms with E-state index in [0.717, 1.165) is 36.9 Å². The molecule has 0 radical (unpaired) electrons. The molecule has 0 saturated heterocycles. The van der Waals surface area contributed by atoms with Crippen molar-refractivity contribution in [2.75, 3.05) is 18.2 Å². The number of amides is 1. The first kappa shape index (κ1) is 23.9. The van der Waals surface area contributed by atoms with E-state index in [1.807, 2.05) is 6.08 Å². The van der Waals surface area contributed by atoms with Crippen molar-refractivity contribution in [1.82, 2.24) is 4.98 Å². The quantitative estimate of drug-likeness (QED) is 0.433. The first-order valence-corrected chi connectivity index (χ1v) is 13.1. The summed E-state index contributed by atoms with van der Waals surface area (Å²) < 4.78 is 33.2. The summed E-state index contributed by atoms with van der Waals surface area (Å²) in [5.74, 6) is 0.171. The van der Waals surface area contributed by atoms with Crippen molar-refractivity contribution >= 4 is 43.9 Å². The zero-order valence-corrected chi connectivity index (χ0v) is 19.6. The van der Waals surface area contributed by atoms with Crippen LogP contribution in [0, 0.1) is 5.92 Å². The lowest BCUT2D eigenvalue weighted by molar-refractivity contribution is -0.111. The van der Waals surface area contributed by atoms with Gasteiger partial charge in [-0.3, -0.25) is 10.1 Å². The smallest absolute Gasteiger partial charge is 0.434 e. The summed E-state index contributed by atoms with van der Waals surface area (Å²) in [6.45, 7) is 1.86. The molecule has 172 valence electrons. The zero-order valence-electron chi connectivity index (χ0n) is 18.0. The standard InChI is InChI=1S/C22H26N2O6S2/c1-3-29-22(26)30-19-14-23-21(31-19)24-20(25)18(13-8-15-6-4-5-7-15)16-9-11-17(12-10-16)32(2,27)28/h9-15H,3-8H2,1-2H3,(H,23,24,25)/b18-13+. The van der Waals surface area contributed by atoms with Gasteiger partial charge < -0.3 is 9.47 Å². The van der Waals surface area contributed by atoms with Crippen LogP contribution in [0.25, 0.3) is 5.57 Å². The fourth-order valence-corrected chi connectivity index (χ4v) is 4.80. The number of carbonyl (C=O) groups excluding carboxylic acids is 2. The lowest BCUT2D eigenvalue weighted by Gasteiger charge is -2.11. The number of anilines is 1. The molecule has 32 heavy (non-hydrogen) atoms. The van der Waals surface area contributed by atoms with Crippen LogP contribution in [0.5, 0.6) is 5.06 Å². The number of carbonyl (C=O) groups is 2. The SMILES string of the molecule is CCOC(=O)Oc1cnc(NC(=O)/C(=C/CC2CCCC2)c2ccc(S(C)(=O)=O)cc2)s1. The lowest BCUT2D eigenvalue weighted by atomic mass is 9.98. The summed E-state index contributed by atoms with van der Waals surface area (Å²) in [5, 5.41) is 3.21. The topological polar surface area (TPSA) is 112 Å². The fraction of sp³-hybridized carbons (Fsp3) is 0.409. The number of rotatable bonds is 8. The molecular formula is C22H26N2O6S2. The minimum atomic E-state index is -3.33. The Balaban J connectivity index is 1.78. The molecule has 2 aromatic rings. The molecule has 1 N–H and O–H groups in total. The molecule has 0 spiro atoms. The van der Waals surface area contributed by atoms with Crippen LogP contribution in [0.3, 0.4) is 0 Å². The van der Waals surface area contributed by atoms with Gasteiger partial charge in [-0.1, -0.05) is 55.2 Å². The molecule has 0 atom stereocenters. The normalized spacial score (nSPS) is 14.9. The molecule has 1 aliphatic carbocycles. The Labute approximate surface area is 191 Å². The van der Waals surface area contributed by atoms with Crippen molar-refractivity contribution in [3.8, 4) is 5.06 Å². The van der Waals surface area contributed by atoms with Crippen LogP contribution in [0.4, 0.5) is 9.93 Å². The third-order valence-corrected chi connectivity index (χ3v) is 7.04. The number of aromatic nitrogens is 1. The average Bonchev–Trinajstić information content (AvgIpc) is 3.40. The molecular weight excluding hydrogens is 452 g/mol. The van der Waals surface area contributed by atoms with Crippen molar-refractivity contribution < 1.29 is 27.5 Å². The molecule has 1 saturated carbocycles. The van der Waals surface area contributed by atoms with Crippen LogP contribution < -0.4 is 10.1 Å². The molecule has 8 nitrogen and oxygen atoms in total. The van der Waals surface area contributed by atoms with Gasteiger partial charge in [0.2, 0.25) is 5.06 Å². The van der Waals surface area contributed by atoms with E-state index in [4.69, 9.17) is 9.47 Å². The molecule has 0 bridgehead atoms. The molecule has 0 aliphatic heterocycles. The minimum absolute atomic E-state index is 0.189. The van der Waals surface area contributed by atoms with Crippen LogP contribution >= 0.6 is 11.3 Å². The summed E-state index contributed by atoms with van der Waals surface area (Å²) in [4.78, 5) is 28.8. The monoisotopic (exact) mass is 478 g/mol. The predicted molar refractivity (Wildman–Crippen MR) is 122 cm³/mol. The molecule has 3 rings (SSSR count). The van der Waals surface area contributed by atoms with Crippen molar-refractivity contribution in [3.63, 3.8) is 0 Å². The fourth-order valence-electron chi connectivity index (χ4n) is 3.51. The van der Waals surface area contributed by atoms with E-state index in [1.54, 1.807) is 19.1 Å². The van der Waals surface area contributed by atoms with Crippen molar-refractivity contribution in [3.05, 3.63) is 42.1 Å². The number of sulfone groups is 1. The Kier molecular flexibility index (Phi) is 8.03. The number of ether oxygens (including phenoxy) is 2. The van der Waals surface area contributed by atoms with Gasteiger partial charge in [0.15, 0.2) is 15.0 Å². The Bertz CT molecular complexity index is 1080. The highest BCUT2D eigenvalue weighted by Gasteiger charge is 2.19. The molecule has 0 unspecified atom stereocenters. The summed E-state index contributed by atoms with van der Waals surface area (Å²) in [7, 11) is -3.33. The molecule has 1 aromatic heterocycles. The van der Waals surface area contributed by atoms with E-state index in [-0.39, 0.29) is 27.6 Å². The molecule has 1 amide bonds. The summed E-state index contributed by atoms with van der Waals surface area (Å²) >= 11 is 1.00. The van der Waals surface area contributed by atoms with E-state index in [1.165, 1.54) is 31.2 Å². The Morgan fingerprint density at radius 3 is 2.53 bits per heavy atom. The number of benzene rings is 1. The van der Waals surface area contributed by atoms with Gasteiger partial charge in [-0.25, -0.2) is 18.2 Å². The van der Waals surface area contributed by atoms with E-state index in [9.17, 15) is 18.0 Å². The molecule has 1 fully saturated rings. The van der Waals surface area contributed by atoms with Crippen molar-refractivity contribution in [2.24, 2.45) is 5.92 Å². The highest BCUT2D eigenvalue weighted by Crippen LogP contribution is 2.31. The average molecular weight is 479 g/mol. The van der Waals surface area contributed by atoms with Gasteiger partial charge in [0, 0.05) is 11.8 Å². The van der Waals surface area contributed by atoms with E-state index >= 15 is 0 Å². The predicted octanol–water partition coefficient (Wildman–Crippen LogP) is 4.68. The Hall–Kier alpha value is -2.72. The van der Waals surface area contributed by atoms with Crippen LogP contribution in [-0.4, -0.2) is 38.3 Å². The van der Waals surface area contributed by atoms with Gasteiger partial charge in [0.05, 0.1) is 17.7 Å². The van der Waals surface area contributed by atoms with Gasteiger partial charge >= 0.3 is 6.16 Å². The van der Waals surface area contributed by atoms with E-state index in [2.05, 4.69) is 10.3 Å². The first-order valence-electron chi connectivity index (χ1n) is 10.4. The van der Waals surface area contributed by atoms with Crippen molar-refractivity contribution in [1.29, 1.82) is 0 Å². The second kappa shape index (κ2) is 10.7. The zero-order chi connectivity index (χ0) is 23.1. The van der Waals surface area contributed by atoms with Gasteiger partial charge in [0.25, 0.3) is 5.91 Å². The second-order valence-electron chi connectivity index (χ2n) is 7.52. The summed E-state index contributed by atoms with van der Waals surface area (Å²) in [5.41, 5.74) is 1.06.